The largest absolute Gasteiger partial charge is 0.334 e. The number of benzene rings is 1. The number of rotatable bonds is 2. The first-order valence-electron chi connectivity index (χ1n) is 8.37. The van der Waals surface area contributed by atoms with Gasteiger partial charge < -0.3 is 9.47 Å². The molecule has 2 aliphatic heterocycles. The molecule has 1 amide bonds. The van der Waals surface area contributed by atoms with Crippen molar-refractivity contribution in [3.05, 3.63) is 47.0 Å². The molecule has 1 aromatic heterocycles. The van der Waals surface area contributed by atoms with E-state index >= 15 is 0 Å². The number of hydrogen-bond acceptors (Lipinski definition) is 3. The van der Waals surface area contributed by atoms with Crippen LogP contribution in [0.5, 0.6) is 0 Å². The molecular formula is C18H22N4O. The normalized spacial score (nSPS) is 22.8. The van der Waals surface area contributed by atoms with Crippen LogP contribution in [0.15, 0.2) is 24.3 Å². The number of aryl methyl sites for hydroxylation is 2. The fraction of sp³-hybridized carbons (Fsp3) is 0.500. The maximum Gasteiger partial charge on any atom is 0.227 e. The molecule has 0 saturated carbocycles. The van der Waals surface area contributed by atoms with E-state index in [1.54, 1.807) is 0 Å². The van der Waals surface area contributed by atoms with Crippen LogP contribution in [0, 0.1) is 13.8 Å². The van der Waals surface area contributed by atoms with Gasteiger partial charge in [0.1, 0.15) is 11.6 Å². The van der Waals surface area contributed by atoms with Crippen molar-refractivity contribution in [1.82, 2.24) is 19.7 Å². The lowest BCUT2D eigenvalue weighted by Gasteiger charge is -2.28. The second-order valence-electron chi connectivity index (χ2n) is 6.83. The van der Waals surface area contributed by atoms with Gasteiger partial charge in [-0.3, -0.25) is 4.79 Å². The summed E-state index contributed by atoms with van der Waals surface area (Å²) in [4.78, 5) is 15.1. The summed E-state index contributed by atoms with van der Waals surface area (Å²) >= 11 is 0. The molecule has 0 spiro atoms. The first-order chi connectivity index (χ1) is 11.1. The molecule has 5 nitrogen and oxygen atoms in total. The van der Waals surface area contributed by atoms with E-state index < -0.39 is 0 Å². The molecule has 0 N–H and O–H groups in total. The number of carbonyl (C=O) groups excluding carboxylic acids is 1. The maximum atomic E-state index is 12.9. The van der Waals surface area contributed by atoms with Gasteiger partial charge in [0.2, 0.25) is 5.91 Å². The number of amides is 1. The van der Waals surface area contributed by atoms with Crippen molar-refractivity contribution in [2.24, 2.45) is 0 Å². The van der Waals surface area contributed by atoms with E-state index in [9.17, 15) is 4.79 Å². The minimum atomic E-state index is 0.250. The zero-order valence-corrected chi connectivity index (χ0v) is 13.7. The molecule has 3 heterocycles. The molecule has 2 atom stereocenters. The first kappa shape index (κ1) is 14.4. The minimum Gasteiger partial charge on any atom is -0.334 e. The average Bonchev–Trinajstić information content (AvgIpc) is 2.99. The number of carbonyl (C=O) groups is 1. The molecule has 2 aromatic rings. The summed E-state index contributed by atoms with van der Waals surface area (Å²) < 4.78 is 2.19. The topological polar surface area (TPSA) is 51.0 Å². The van der Waals surface area contributed by atoms with E-state index in [0.717, 1.165) is 43.0 Å². The fourth-order valence-corrected chi connectivity index (χ4v) is 4.07. The molecule has 120 valence electrons. The van der Waals surface area contributed by atoms with Crippen LogP contribution in [0.25, 0.3) is 0 Å². The van der Waals surface area contributed by atoms with E-state index in [2.05, 4.69) is 38.7 Å². The summed E-state index contributed by atoms with van der Waals surface area (Å²) in [5.41, 5.74) is 2.31. The summed E-state index contributed by atoms with van der Waals surface area (Å²) in [6, 6.07) is 8.81. The summed E-state index contributed by atoms with van der Waals surface area (Å²) in [5, 5.41) is 8.49. The van der Waals surface area contributed by atoms with Crippen LogP contribution < -0.4 is 0 Å². The lowest BCUT2D eigenvalue weighted by atomic mass is 10.1. The third kappa shape index (κ3) is 2.54. The number of hydrogen-bond donors (Lipinski definition) is 0. The van der Waals surface area contributed by atoms with Crippen LogP contribution in [0.2, 0.25) is 0 Å². The van der Waals surface area contributed by atoms with Crippen LogP contribution in [-0.2, 0) is 24.2 Å². The molecule has 23 heavy (non-hydrogen) atoms. The van der Waals surface area contributed by atoms with Crippen molar-refractivity contribution < 1.29 is 4.79 Å². The standard InChI is InChI=1S/C18H22N4O/c1-12-4-3-5-14(8-12)9-18(23)22-15-6-7-16(22)11-21-13(2)19-20-17(21)10-15/h3-5,8,15-16H,6-7,9-11H2,1-2H3. The molecule has 2 bridgehead atoms. The molecule has 4 rings (SSSR count). The second-order valence-corrected chi connectivity index (χ2v) is 6.83. The summed E-state index contributed by atoms with van der Waals surface area (Å²) in [7, 11) is 0. The Hall–Kier alpha value is -2.17. The minimum absolute atomic E-state index is 0.250. The van der Waals surface area contributed by atoms with Gasteiger partial charge in [0.15, 0.2) is 0 Å². The quantitative estimate of drug-likeness (QED) is 0.853. The molecule has 1 aromatic carbocycles. The summed E-state index contributed by atoms with van der Waals surface area (Å²) in [5.74, 6) is 2.24. The monoisotopic (exact) mass is 310 g/mol. The zero-order chi connectivity index (χ0) is 16.0. The molecule has 0 aliphatic carbocycles. The highest BCUT2D eigenvalue weighted by atomic mass is 16.2. The third-order valence-corrected chi connectivity index (χ3v) is 5.17. The van der Waals surface area contributed by atoms with E-state index in [0.29, 0.717) is 6.42 Å². The highest BCUT2D eigenvalue weighted by Crippen LogP contribution is 2.32. The van der Waals surface area contributed by atoms with Gasteiger partial charge in [-0.15, -0.1) is 10.2 Å². The van der Waals surface area contributed by atoms with E-state index in [1.165, 1.54) is 5.56 Å². The SMILES string of the molecule is Cc1cccc(CC(=O)N2C3CCC2Cn2c(C)nnc2C3)c1. The van der Waals surface area contributed by atoms with E-state index in [-0.39, 0.29) is 18.0 Å². The van der Waals surface area contributed by atoms with Crippen LogP contribution in [0.3, 0.4) is 0 Å². The predicted molar refractivity (Wildman–Crippen MR) is 87.0 cm³/mol. The van der Waals surface area contributed by atoms with Gasteiger partial charge in [0, 0.05) is 19.0 Å². The summed E-state index contributed by atoms with van der Waals surface area (Å²) in [6.07, 6.45) is 3.49. The van der Waals surface area contributed by atoms with Crippen LogP contribution in [0.1, 0.15) is 35.6 Å². The lowest BCUT2D eigenvalue weighted by molar-refractivity contribution is -0.133. The molecule has 2 unspecified atom stereocenters. The third-order valence-electron chi connectivity index (χ3n) is 5.17. The Morgan fingerprint density at radius 1 is 1.22 bits per heavy atom. The van der Waals surface area contributed by atoms with Crippen molar-refractivity contribution >= 4 is 5.91 Å². The number of fused-ring (bicyclic) bond motifs is 3. The maximum absolute atomic E-state index is 12.9. The van der Waals surface area contributed by atoms with Crippen molar-refractivity contribution in [1.29, 1.82) is 0 Å². The first-order valence-corrected chi connectivity index (χ1v) is 8.37. The number of nitrogens with zero attached hydrogens (tertiary/aromatic N) is 4. The highest BCUT2D eigenvalue weighted by Gasteiger charge is 2.40. The van der Waals surface area contributed by atoms with Crippen LogP contribution in [-0.4, -0.2) is 37.7 Å². The van der Waals surface area contributed by atoms with Crippen molar-refractivity contribution in [2.45, 2.75) is 58.2 Å². The van der Waals surface area contributed by atoms with Gasteiger partial charge in [-0.05, 0) is 32.3 Å². The van der Waals surface area contributed by atoms with Crippen molar-refractivity contribution in [3.63, 3.8) is 0 Å². The summed E-state index contributed by atoms with van der Waals surface area (Å²) in [6.45, 7) is 4.90. The fourth-order valence-electron chi connectivity index (χ4n) is 4.07. The van der Waals surface area contributed by atoms with Gasteiger partial charge in [-0.25, -0.2) is 0 Å². The van der Waals surface area contributed by atoms with Crippen LogP contribution >= 0.6 is 0 Å². The Balaban J connectivity index is 1.57. The lowest BCUT2D eigenvalue weighted by Crippen LogP contribution is -2.43. The second kappa shape index (κ2) is 5.48. The van der Waals surface area contributed by atoms with Gasteiger partial charge in [0.25, 0.3) is 0 Å². The van der Waals surface area contributed by atoms with Crippen LogP contribution in [0.4, 0.5) is 0 Å². The Morgan fingerprint density at radius 3 is 2.87 bits per heavy atom. The number of aromatic nitrogens is 3. The van der Waals surface area contributed by atoms with Crippen molar-refractivity contribution in [2.75, 3.05) is 0 Å². The predicted octanol–water partition coefficient (Wildman–Crippen LogP) is 2.05. The molecule has 0 radical (unpaired) electrons. The molecule has 2 aliphatic rings. The van der Waals surface area contributed by atoms with Gasteiger partial charge in [0.05, 0.1) is 12.5 Å². The smallest absolute Gasteiger partial charge is 0.227 e. The van der Waals surface area contributed by atoms with E-state index in [1.807, 2.05) is 19.1 Å². The Morgan fingerprint density at radius 2 is 2.04 bits per heavy atom. The van der Waals surface area contributed by atoms with Gasteiger partial charge in [-0.2, -0.15) is 0 Å². The average molecular weight is 310 g/mol. The van der Waals surface area contributed by atoms with Gasteiger partial charge >= 0.3 is 0 Å². The van der Waals surface area contributed by atoms with Crippen molar-refractivity contribution in [3.8, 4) is 0 Å². The highest BCUT2D eigenvalue weighted by molar-refractivity contribution is 5.80. The molecule has 5 heteroatoms. The van der Waals surface area contributed by atoms with Gasteiger partial charge in [-0.1, -0.05) is 29.8 Å². The Bertz CT molecular complexity index is 751. The van der Waals surface area contributed by atoms with E-state index in [4.69, 9.17) is 0 Å². The molecular weight excluding hydrogens is 288 g/mol. The Labute approximate surface area is 136 Å². The zero-order valence-electron chi connectivity index (χ0n) is 13.7. The molecule has 1 saturated heterocycles. The molecule has 1 fully saturated rings. The Kier molecular flexibility index (Phi) is 3.43.